The van der Waals surface area contributed by atoms with Crippen molar-refractivity contribution in [1.29, 1.82) is 0 Å². The number of phenolic OH excluding ortho intramolecular Hbond substituents is 4. The number of aryl methyl sites for hydroxylation is 5. The van der Waals surface area contributed by atoms with Crippen LogP contribution in [0.1, 0.15) is 148 Å². The van der Waals surface area contributed by atoms with Gasteiger partial charge in [-0.25, -0.2) is 4.39 Å². The van der Waals surface area contributed by atoms with Crippen LogP contribution in [0.5, 0.6) is 92.0 Å². The van der Waals surface area contributed by atoms with Crippen LogP contribution in [0.2, 0.25) is 0 Å². The highest BCUT2D eigenvalue weighted by atomic mass is 32.1. The summed E-state index contributed by atoms with van der Waals surface area (Å²) in [4.78, 5) is 55.4. The number of aromatic hydroxyl groups is 4. The third-order valence-electron chi connectivity index (χ3n) is 21.8. The Morgan fingerprint density at radius 2 is 0.587 bits per heavy atom. The lowest BCUT2D eigenvalue weighted by atomic mass is 10.0. The highest BCUT2D eigenvalue weighted by Gasteiger charge is 2.33. The van der Waals surface area contributed by atoms with Crippen molar-refractivity contribution in [3.8, 4) is 92.0 Å². The van der Waals surface area contributed by atoms with Gasteiger partial charge in [0.1, 0.15) is 94.3 Å². The van der Waals surface area contributed by atoms with E-state index < -0.39 is 23.3 Å². The van der Waals surface area contributed by atoms with E-state index in [1.165, 1.54) is 58.3 Å². The summed E-state index contributed by atoms with van der Waals surface area (Å²) in [7, 11) is 0. The fraction of sp³-hybridized carbons (Fsp3) is 0.236. The first-order chi connectivity index (χ1) is 66.6. The Kier molecular flexibility index (Phi) is 36.0. The molecule has 4 aromatic heterocycles. The number of ketones is 4. The van der Waals surface area contributed by atoms with Gasteiger partial charge >= 0.3 is 6.18 Å². The largest absolute Gasteiger partial charge is 0.508 e. The summed E-state index contributed by atoms with van der Waals surface area (Å²) >= 11 is 4.97. The van der Waals surface area contributed by atoms with E-state index in [0.717, 1.165) is 173 Å². The van der Waals surface area contributed by atoms with Gasteiger partial charge in [0.15, 0.2) is 23.0 Å². The van der Waals surface area contributed by atoms with Crippen LogP contribution in [-0.2, 0) is 6.18 Å². The van der Waals surface area contributed by atoms with Crippen molar-refractivity contribution in [3.63, 3.8) is 0 Å². The Bertz CT molecular complexity index is 6660. The SMILES string of the molecule is CCNCCCOc1ccc(Oc2c(C(=O)c3cc(C)ccc3C)sc3cc(O)ccc23)cc1.CCNCCCOc1ccc(Oc2c(C(=O)c3cc(F)ccc3C)sc3cc(O)ccc23)cc1.CCNCCCOc1ccc(Oc2c(C(=O)c3ccc(C(F)(F)F)cc3)sc3cc(O)ccc23)cc1.CCNCCCOc1ccc(Oc2c(C(=O)c3ccc(C)cc3C)sc3cc(O)ccc23)cc1. The highest BCUT2D eigenvalue weighted by Crippen LogP contribution is 2.49. The summed E-state index contributed by atoms with van der Waals surface area (Å²) in [6.45, 7) is 27.7. The molecule has 0 saturated carbocycles. The number of hydrogen-bond acceptors (Lipinski definition) is 24. The first kappa shape index (κ1) is 102. The van der Waals surface area contributed by atoms with Crippen molar-refractivity contribution >= 4 is 109 Å². The first-order valence-corrected chi connectivity index (χ1v) is 48.6. The van der Waals surface area contributed by atoms with Crippen molar-refractivity contribution in [3.05, 3.63) is 330 Å². The predicted octanol–water partition coefficient (Wildman–Crippen LogP) is 26.7. The number of benzene rings is 12. The standard InChI is InChI=1S/2C28H29NO4S.C27H24F3NO4S.C27H26FNO4S/c1-4-29-14-5-15-32-21-8-10-22(11-9-21)33-27-24-13-7-20(30)17-25(24)34-28(27)26(31)23-12-6-18(2)16-19(23)3;1-4-29-14-5-15-32-21-9-11-22(12-10-21)33-27-23-13-8-20(30)17-25(23)34-28(27)26(31)24-16-18(2)6-7-19(24)3;1-2-31-14-3-15-34-20-9-11-21(12-10-20)35-25-22-13-8-19(32)16-23(22)36-26(25)24(33)17-4-6-18(7-5-17)27(28,29)30;1-3-29-13-4-14-32-20-8-10-21(11-9-20)33-26-22-12-7-19(30)16-24(22)34-27(26)25(31)23-15-18(28)6-5-17(23)2/h2*6-13,16-17,29-30H,4-5,14-15H2,1-3H3;4-13,16,31-32H,2-3,14-15H2,1H3;5-12,15-16,29-30H,3-4,13-14H2,1-2H3. The lowest BCUT2D eigenvalue weighted by Gasteiger charge is -2.11. The van der Waals surface area contributed by atoms with Crippen molar-refractivity contribution in [2.45, 2.75) is 94.2 Å². The molecule has 0 amide bonds. The predicted molar refractivity (Wildman–Crippen MR) is 543 cm³/mol. The van der Waals surface area contributed by atoms with Gasteiger partial charge < -0.3 is 79.6 Å². The first-order valence-electron chi connectivity index (χ1n) is 45.4. The molecule has 16 aromatic rings. The number of thiophene rings is 4. The zero-order chi connectivity index (χ0) is 97.9. The number of carbonyl (C=O) groups excluding carboxylic acids is 4. The summed E-state index contributed by atoms with van der Waals surface area (Å²) in [6, 6.07) is 68.5. The normalized spacial score (nSPS) is 11.2. The van der Waals surface area contributed by atoms with E-state index in [9.17, 15) is 57.2 Å². The highest BCUT2D eigenvalue weighted by molar-refractivity contribution is 7.22. The average Bonchev–Trinajstić information content (AvgIpc) is 1.64. The molecule has 0 atom stereocenters. The minimum Gasteiger partial charge on any atom is -0.508 e. The Balaban J connectivity index is 0.000000155. The maximum absolute atomic E-state index is 13.9. The van der Waals surface area contributed by atoms with Gasteiger partial charge in [-0.1, -0.05) is 87.4 Å². The van der Waals surface area contributed by atoms with Gasteiger partial charge in [0, 0.05) is 62.6 Å². The maximum atomic E-state index is 13.9. The molecule has 4 heterocycles. The van der Waals surface area contributed by atoms with Crippen molar-refractivity contribution in [1.82, 2.24) is 21.3 Å². The molecule has 716 valence electrons. The van der Waals surface area contributed by atoms with Gasteiger partial charge in [0.05, 0.1) is 32.0 Å². The number of halogens is 4. The number of hydrogen-bond donors (Lipinski definition) is 8. The lowest BCUT2D eigenvalue weighted by molar-refractivity contribution is -0.137. The van der Waals surface area contributed by atoms with E-state index in [2.05, 4.69) is 42.0 Å². The fourth-order valence-corrected chi connectivity index (χ4v) is 19.1. The van der Waals surface area contributed by atoms with Crippen molar-refractivity contribution in [2.75, 3.05) is 78.8 Å². The molecule has 0 spiro atoms. The van der Waals surface area contributed by atoms with Crippen LogP contribution in [0.15, 0.2) is 249 Å². The molecule has 16 rings (SSSR count). The van der Waals surface area contributed by atoms with Gasteiger partial charge in [0.2, 0.25) is 23.1 Å². The van der Waals surface area contributed by atoms with Crippen LogP contribution in [0.25, 0.3) is 40.3 Å². The molecular formula is C110H108F4N4O16S4. The maximum Gasteiger partial charge on any atom is 0.416 e. The van der Waals surface area contributed by atoms with E-state index in [1.54, 1.807) is 110 Å². The van der Waals surface area contributed by atoms with Crippen molar-refractivity contribution < 1.29 is 95.1 Å². The molecule has 0 unspecified atom stereocenters. The molecule has 0 aliphatic rings. The molecule has 0 fully saturated rings. The van der Waals surface area contributed by atoms with Gasteiger partial charge in [-0.3, -0.25) is 19.2 Å². The number of nitrogens with one attached hydrogen (secondary N) is 4. The Morgan fingerprint density at radius 3 is 0.899 bits per heavy atom. The summed E-state index contributed by atoms with van der Waals surface area (Å²) in [5.41, 5.74) is 5.49. The number of rotatable bonds is 40. The molecule has 0 aliphatic carbocycles. The van der Waals surface area contributed by atoms with Crippen LogP contribution in [0.3, 0.4) is 0 Å². The molecule has 12 aromatic carbocycles. The Morgan fingerprint density at radius 1 is 0.304 bits per heavy atom. The fourth-order valence-electron chi connectivity index (χ4n) is 14.6. The molecule has 20 nitrogen and oxygen atoms in total. The summed E-state index contributed by atoms with van der Waals surface area (Å²) in [5.74, 6) is 5.84. The monoisotopic (exact) mass is 1940 g/mol. The number of ether oxygens (including phenoxy) is 8. The second-order valence-electron chi connectivity index (χ2n) is 32.3. The van der Waals surface area contributed by atoms with Crippen LogP contribution in [0, 0.1) is 40.4 Å². The molecule has 138 heavy (non-hydrogen) atoms. The smallest absolute Gasteiger partial charge is 0.416 e. The zero-order valence-electron chi connectivity index (χ0n) is 77.8. The van der Waals surface area contributed by atoms with Gasteiger partial charge in [0.25, 0.3) is 0 Å². The summed E-state index contributed by atoms with van der Waals surface area (Å²) in [6.07, 6.45) is -0.847. The van der Waals surface area contributed by atoms with Crippen LogP contribution in [0.4, 0.5) is 17.6 Å². The van der Waals surface area contributed by atoms with E-state index in [0.29, 0.717) is 124 Å². The topological polar surface area (TPSA) is 271 Å². The number of carbonyl (C=O) groups is 4. The molecule has 0 aliphatic heterocycles. The second kappa shape index (κ2) is 48.9. The zero-order valence-corrected chi connectivity index (χ0v) is 81.1. The molecular weight excluding hydrogens is 1840 g/mol. The van der Waals surface area contributed by atoms with E-state index >= 15 is 0 Å². The van der Waals surface area contributed by atoms with Gasteiger partial charge in [-0.05, 0) is 330 Å². The van der Waals surface area contributed by atoms with Gasteiger partial charge in [-0.2, -0.15) is 13.2 Å². The van der Waals surface area contributed by atoms with E-state index in [-0.39, 0.29) is 62.1 Å². The average molecular weight is 1950 g/mol. The van der Waals surface area contributed by atoms with Crippen molar-refractivity contribution in [2.24, 2.45) is 0 Å². The van der Waals surface area contributed by atoms with E-state index in [4.69, 9.17) is 37.9 Å². The quantitative estimate of drug-likeness (QED) is 0.0101. The summed E-state index contributed by atoms with van der Waals surface area (Å²) in [5, 5.41) is 55.7. The van der Waals surface area contributed by atoms with Crippen LogP contribution < -0.4 is 59.2 Å². The molecule has 0 radical (unpaired) electrons. The second-order valence-corrected chi connectivity index (χ2v) is 36.5. The molecule has 0 saturated heterocycles. The molecule has 8 N–H and O–H groups in total. The van der Waals surface area contributed by atoms with Gasteiger partial charge in [-0.15, -0.1) is 45.3 Å². The number of alkyl halides is 3. The Labute approximate surface area is 814 Å². The van der Waals surface area contributed by atoms with Crippen LogP contribution >= 0.6 is 45.3 Å². The van der Waals surface area contributed by atoms with E-state index in [1.807, 2.05) is 132 Å². The number of phenols is 4. The molecule has 0 bridgehead atoms. The lowest BCUT2D eigenvalue weighted by Crippen LogP contribution is -2.16. The van der Waals surface area contributed by atoms with Crippen LogP contribution in [-0.4, -0.2) is 122 Å². The molecule has 28 heteroatoms. The minimum absolute atomic E-state index is 0.0273. The third kappa shape index (κ3) is 27.2. The third-order valence-corrected chi connectivity index (χ3v) is 26.3. The minimum atomic E-state index is -4.49. The number of fused-ring (bicyclic) bond motifs is 4. The Hall–Kier alpha value is -13.7. The summed E-state index contributed by atoms with van der Waals surface area (Å²) < 4.78 is 103.